The van der Waals surface area contributed by atoms with E-state index in [0.717, 1.165) is 22.0 Å². The standard InChI is InChI=1S/C19H18FIN2O2/c20-14-7-5-13(6-8-14)19(9-10-19)12-23-17(24)11-22-18(25)15-3-1-2-4-16(15)21/h1-8H,9-12H2,(H,22,25)(H,23,24). The van der Waals surface area contributed by atoms with Crippen molar-refractivity contribution in [2.45, 2.75) is 18.3 Å². The van der Waals surface area contributed by atoms with Crippen LogP contribution in [0.3, 0.4) is 0 Å². The molecule has 130 valence electrons. The highest BCUT2D eigenvalue weighted by atomic mass is 127. The number of halogens is 2. The molecule has 2 N–H and O–H groups in total. The van der Waals surface area contributed by atoms with Crippen molar-refractivity contribution in [2.75, 3.05) is 13.1 Å². The van der Waals surface area contributed by atoms with Crippen LogP contribution in [0.5, 0.6) is 0 Å². The second kappa shape index (κ2) is 7.51. The lowest BCUT2D eigenvalue weighted by Crippen LogP contribution is -2.40. The summed E-state index contributed by atoms with van der Waals surface area (Å²) >= 11 is 2.09. The number of amides is 2. The van der Waals surface area contributed by atoms with Crippen LogP contribution in [0.2, 0.25) is 0 Å². The summed E-state index contributed by atoms with van der Waals surface area (Å²) in [6.07, 6.45) is 1.93. The summed E-state index contributed by atoms with van der Waals surface area (Å²) in [6.45, 7) is 0.430. The van der Waals surface area contributed by atoms with Gasteiger partial charge in [-0.05, 0) is 65.3 Å². The van der Waals surface area contributed by atoms with Crippen molar-refractivity contribution in [3.8, 4) is 0 Å². The van der Waals surface area contributed by atoms with Gasteiger partial charge in [-0.2, -0.15) is 0 Å². The fraction of sp³-hybridized carbons (Fsp3) is 0.263. The van der Waals surface area contributed by atoms with Crippen LogP contribution in [0.15, 0.2) is 48.5 Å². The van der Waals surface area contributed by atoms with E-state index in [9.17, 15) is 14.0 Å². The molecule has 0 aromatic heterocycles. The Balaban J connectivity index is 1.49. The van der Waals surface area contributed by atoms with Gasteiger partial charge in [0.15, 0.2) is 0 Å². The molecule has 0 aliphatic heterocycles. The fourth-order valence-corrected chi connectivity index (χ4v) is 3.39. The number of carbonyl (C=O) groups is 2. The average Bonchev–Trinajstić information content (AvgIpc) is 3.40. The molecule has 0 saturated heterocycles. The molecule has 0 radical (unpaired) electrons. The normalized spacial score (nSPS) is 14.6. The third-order valence-electron chi connectivity index (χ3n) is 4.46. The van der Waals surface area contributed by atoms with Gasteiger partial charge in [-0.1, -0.05) is 24.3 Å². The first-order valence-corrected chi connectivity index (χ1v) is 9.13. The summed E-state index contributed by atoms with van der Waals surface area (Å²) in [5.74, 6) is -0.755. The molecular formula is C19H18FIN2O2. The molecular weight excluding hydrogens is 434 g/mol. The van der Waals surface area contributed by atoms with E-state index in [-0.39, 0.29) is 29.6 Å². The number of nitrogens with one attached hydrogen (secondary N) is 2. The molecule has 0 atom stereocenters. The van der Waals surface area contributed by atoms with E-state index in [1.807, 2.05) is 12.1 Å². The van der Waals surface area contributed by atoms with Crippen molar-refractivity contribution >= 4 is 34.4 Å². The number of rotatable bonds is 6. The Labute approximate surface area is 159 Å². The van der Waals surface area contributed by atoms with Crippen LogP contribution < -0.4 is 10.6 Å². The van der Waals surface area contributed by atoms with E-state index in [4.69, 9.17) is 0 Å². The first-order valence-electron chi connectivity index (χ1n) is 8.06. The first kappa shape index (κ1) is 17.8. The molecule has 25 heavy (non-hydrogen) atoms. The summed E-state index contributed by atoms with van der Waals surface area (Å²) < 4.78 is 13.9. The number of hydrogen-bond donors (Lipinski definition) is 2. The maximum Gasteiger partial charge on any atom is 0.252 e. The van der Waals surface area contributed by atoms with E-state index >= 15 is 0 Å². The van der Waals surface area contributed by atoms with E-state index in [2.05, 4.69) is 33.2 Å². The minimum Gasteiger partial charge on any atom is -0.354 e. The van der Waals surface area contributed by atoms with Crippen LogP contribution in [0.4, 0.5) is 4.39 Å². The predicted octanol–water partition coefficient (Wildman–Crippen LogP) is 3.01. The molecule has 2 aromatic rings. The van der Waals surface area contributed by atoms with Gasteiger partial charge in [0, 0.05) is 15.5 Å². The zero-order chi connectivity index (χ0) is 17.9. The van der Waals surface area contributed by atoms with Crippen LogP contribution >= 0.6 is 22.6 Å². The highest BCUT2D eigenvalue weighted by molar-refractivity contribution is 14.1. The van der Waals surface area contributed by atoms with Gasteiger partial charge in [-0.3, -0.25) is 9.59 Å². The molecule has 1 aliphatic rings. The minimum absolute atomic E-state index is 0.0662. The second-order valence-corrected chi connectivity index (χ2v) is 7.39. The van der Waals surface area contributed by atoms with Crippen molar-refractivity contribution in [3.05, 3.63) is 69.0 Å². The quantitative estimate of drug-likeness (QED) is 0.663. The topological polar surface area (TPSA) is 58.2 Å². The molecule has 0 bridgehead atoms. The zero-order valence-electron chi connectivity index (χ0n) is 13.5. The summed E-state index contributed by atoms with van der Waals surface area (Å²) in [7, 11) is 0. The molecule has 1 fully saturated rings. The Morgan fingerprint density at radius 3 is 2.36 bits per heavy atom. The van der Waals surface area contributed by atoms with Gasteiger partial charge in [-0.15, -0.1) is 0 Å². The minimum atomic E-state index is -0.264. The highest BCUT2D eigenvalue weighted by Crippen LogP contribution is 2.47. The Morgan fingerprint density at radius 2 is 1.72 bits per heavy atom. The molecule has 0 unspecified atom stereocenters. The maximum absolute atomic E-state index is 13.0. The highest BCUT2D eigenvalue weighted by Gasteiger charge is 2.44. The molecule has 4 nitrogen and oxygen atoms in total. The summed E-state index contributed by atoms with van der Waals surface area (Å²) in [5, 5.41) is 5.51. The van der Waals surface area contributed by atoms with E-state index in [0.29, 0.717) is 12.1 Å². The van der Waals surface area contributed by atoms with Crippen molar-refractivity contribution in [2.24, 2.45) is 0 Å². The third-order valence-corrected chi connectivity index (χ3v) is 5.40. The van der Waals surface area contributed by atoms with Gasteiger partial charge >= 0.3 is 0 Å². The van der Waals surface area contributed by atoms with Crippen molar-refractivity contribution in [1.82, 2.24) is 10.6 Å². The monoisotopic (exact) mass is 452 g/mol. The number of carbonyl (C=O) groups excluding carboxylic acids is 2. The maximum atomic E-state index is 13.0. The summed E-state index contributed by atoms with van der Waals surface area (Å²) in [5.41, 5.74) is 1.50. The van der Waals surface area contributed by atoms with Gasteiger partial charge in [0.05, 0.1) is 12.1 Å². The molecule has 2 amide bonds. The Bertz CT molecular complexity index is 788. The van der Waals surface area contributed by atoms with Crippen LogP contribution in [0, 0.1) is 9.39 Å². The van der Waals surface area contributed by atoms with Crippen LogP contribution in [-0.4, -0.2) is 24.9 Å². The van der Waals surface area contributed by atoms with Gasteiger partial charge in [0.1, 0.15) is 5.82 Å². The molecule has 0 spiro atoms. The van der Waals surface area contributed by atoms with E-state index in [1.165, 1.54) is 12.1 Å². The number of hydrogen-bond acceptors (Lipinski definition) is 2. The third kappa shape index (κ3) is 4.36. The first-order chi connectivity index (χ1) is 12.0. The molecule has 1 aliphatic carbocycles. The molecule has 0 heterocycles. The summed E-state index contributed by atoms with van der Waals surface area (Å²) in [4.78, 5) is 24.1. The van der Waals surface area contributed by atoms with E-state index < -0.39 is 0 Å². The van der Waals surface area contributed by atoms with Crippen LogP contribution in [0.1, 0.15) is 28.8 Å². The second-order valence-electron chi connectivity index (χ2n) is 6.23. The Morgan fingerprint density at radius 1 is 1.04 bits per heavy atom. The Hall–Kier alpha value is -1.96. The van der Waals surface area contributed by atoms with Crippen LogP contribution in [0.25, 0.3) is 0 Å². The Kier molecular flexibility index (Phi) is 5.36. The van der Waals surface area contributed by atoms with Gasteiger partial charge in [0.25, 0.3) is 5.91 Å². The SMILES string of the molecule is O=C(CNC(=O)c1ccccc1I)NCC1(c2ccc(F)cc2)CC1. The van der Waals surface area contributed by atoms with Crippen molar-refractivity contribution in [1.29, 1.82) is 0 Å². The summed E-state index contributed by atoms with van der Waals surface area (Å²) in [6, 6.07) is 13.6. The molecule has 2 aromatic carbocycles. The predicted molar refractivity (Wildman–Crippen MR) is 102 cm³/mol. The average molecular weight is 452 g/mol. The zero-order valence-corrected chi connectivity index (χ0v) is 15.7. The van der Waals surface area contributed by atoms with E-state index in [1.54, 1.807) is 24.3 Å². The van der Waals surface area contributed by atoms with Gasteiger partial charge in [0.2, 0.25) is 5.91 Å². The lowest BCUT2D eigenvalue weighted by atomic mass is 9.96. The molecule has 6 heteroatoms. The fourth-order valence-electron chi connectivity index (χ4n) is 2.75. The molecule has 3 rings (SSSR count). The van der Waals surface area contributed by atoms with Crippen molar-refractivity contribution in [3.63, 3.8) is 0 Å². The lowest BCUT2D eigenvalue weighted by molar-refractivity contribution is -0.120. The number of benzene rings is 2. The molecule has 1 saturated carbocycles. The smallest absolute Gasteiger partial charge is 0.252 e. The lowest BCUT2D eigenvalue weighted by Gasteiger charge is -2.17. The van der Waals surface area contributed by atoms with Crippen molar-refractivity contribution < 1.29 is 14.0 Å². The van der Waals surface area contributed by atoms with Crippen LogP contribution in [-0.2, 0) is 10.2 Å². The van der Waals surface area contributed by atoms with Gasteiger partial charge in [-0.25, -0.2) is 4.39 Å². The largest absolute Gasteiger partial charge is 0.354 e. The van der Waals surface area contributed by atoms with Gasteiger partial charge < -0.3 is 10.6 Å².